The Bertz CT molecular complexity index is 375. The molecule has 2 aliphatic carbocycles. The van der Waals surface area contributed by atoms with E-state index < -0.39 is 5.97 Å². The number of carboxylic acids is 1. The van der Waals surface area contributed by atoms with Crippen LogP contribution < -0.4 is 5.32 Å². The highest BCUT2D eigenvalue weighted by molar-refractivity contribution is 5.80. The first-order valence-corrected chi connectivity index (χ1v) is 7.62. The first kappa shape index (κ1) is 15.3. The van der Waals surface area contributed by atoms with Crippen molar-refractivity contribution < 1.29 is 14.7 Å². The normalized spacial score (nSPS) is 28.8. The van der Waals surface area contributed by atoms with Crippen LogP contribution in [0.4, 0.5) is 0 Å². The number of hydrogen-bond donors (Lipinski definition) is 2. The van der Waals surface area contributed by atoms with Gasteiger partial charge in [0.1, 0.15) is 0 Å². The van der Waals surface area contributed by atoms with Gasteiger partial charge >= 0.3 is 5.97 Å². The molecule has 0 radical (unpaired) electrons. The summed E-state index contributed by atoms with van der Waals surface area (Å²) in [6.45, 7) is 0.688. The second-order valence-electron chi connectivity index (χ2n) is 6.59. The molecule has 0 bridgehead atoms. The number of nitrogens with zero attached hydrogens (tertiary/aromatic N) is 1. The SMILES string of the molecule is CN(C)C1(CNC(=O)C2CCC(C(=O)O)C2)CCCC1. The van der Waals surface area contributed by atoms with Crippen LogP contribution in [0.3, 0.4) is 0 Å². The van der Waals surface area contributed by atoms with Crippen molar-refractivity contribution in [3.8, 4) is 0 Å². The minimum Gasteiger partial charge on any atom is -0.481 e. The summed E-state index contributed by atoms with van der Waals surface area (Å²) in [4.78, 5) is 25.4. The zero-order valence-corrected chi connectivity index (χ0v) is 12.5. The smallest absolute Gasteiger partial charge is 0.306 e. The van der Waals surface area contributed by atoms with Crippen molar-refractivity contribution >= 4 is 11.9 Å². The van der Waals surface area contributed by atoms with Gasteiger partial charge in [0.2, 0.25) is 5.91 Å². The quantitative estimate of drug-likeness (QED) is 0.801. The zero-order valence-electron chi connectivity index (χ0n) is 12.5. The average molecular weight is 282 g/mol. The van der Waals surface area contributed by atoms with E-state index >= 15 is 0 Å². The maximum Gasteiger partial charge on any atom is 0.306 e. The van der Waals surface area contributed by atoms with Gasteiger partial charge in [-0.15, -0.1) is 0 Å². The van der Waals surface area contributed by atoms with E-state index in [0.717, 1.165) is 12.8 Å². The summed E-state index contributed by atoms with van der Waals surface area (Å²) in [6, 6.07) is 0. The number of carboxylic acid groups (broad SMARTS) is 1. The number of carbonyl (C=O) groups is 2. The van der Waals surface area contributed by atoms with E-state index in [9.17, 15) is 9.59 Å². The van der Waals surface area contributed by atoms with Gasteiger partial charge in [-0.2, -0.15) is 0 Å². The molecule has 0 aromatic carbocycles. The van der Waals surface area contributed by atoms with Crippen LogP contribution in [0, 0.1) is 11.8 Å². The fraction of sp³-hybridized carbons (Fsp3) is 0.867. The number of nitrogens with one attached hydrogen (secondary N) is 1. The van der Waals surface area contributed by atoms with Crippen molar-refractivity contribution in [3.05, 3.63) is 0 Å². The Labute approximate surface area is 120 Å². The molecule has 2 saturated carbocycles. The van der Waals surface area contributed by atoms with E-state index in [4.69, 9.17) is 5.11 Å². The summed E-state index contributed by atoms with van der Waals surface area (Å²) < 4.78 is 0. The Morgan fingerprint density at radius 1 is 1.20 bits per heavy atom. The summed E-state index contributed by atoms with van der Waals surface area (Å²) in [6.07, 6.45) is 6.53. The van der Waals surface area contributed by atoms with Crippen molar-refractivity contribution in [2.75, 3.05) is 20.6 Å². The van der Waals surface area contributed by atoms with E-state index in [1.807, 2.05) is 0 Å². The van der Waals surface area contributed by atoms with Crippen molar-refractivity contribution in [2.45, 2.75) is 50.5 Å². The number of carbonyl (C=O) groups excluding carboxylic acids is 1. The molecule has 0 spiro atoms. The van der Waals surface area contributed by atoms with Gasteiger partial charge in [0, 0.05) is 18.0 Å². The second-order valence-corrected chi connectivity index (χ2v) is 6.59. The maximum atomic E-state index is 12.2. The van der Waals surface area contributed by atoms with Crippen molar-refractivity contribution in [1.82, 2.24) is 10.2 Å². The molecule has 2 fully saturated rings. The fourth-order valence-corrected chi connectivity index (χ4v) is 3.66. The molecule has 2 unspecified atom stereocenters. The molecule has 114 valence electrons. The van der Waals surface area contributed by atoms with Crippen LogP contribution in [0.1, 0.15) is 44.9 Å². The minimum atomic E-state index is -0.763. The summed E-state index contributed by atoms with van der Waals surface area (Å²) >= 11 is 0. The van der Waals surface area contributed by atoms with Crippen molar-refractivity contribution in [1.29, 1.82) is 0 Å². The van der Waals surface area contributed by atoms with E-state index in [-0.39, 0.29) is 23.3 Å². The summed E-state index contributed by atoms with van der Waals surface area (Å²) in [5, 5.41) is 12.1. The molecule has 20 heavy (non-hydrogen) atoms. The predicted molar refractivity (Wildman–Crippen MR) is 76.4 cm³/mol. The third-order valence-corrected chi connectivity index (χ3v) is 5.23. The van der Waals surface area contributed by atoms with Crippen LogP contribution in [-0.2, 0) is 9.59 Å². The van der Waals surface area contributed by atoms with Gasteiger partial charge in [-0.3, -0.25) is 9.59 Å². The Morgan fingerprint density at radius 3 is 2.30 bits per heavy atom. The van der Waals surface area contributed by atoms with Crippen LogP contribution >= 0.6 is 0 Å². The largest absolute Gasteiger partial charge is 0.481 e. The number of amides is 1. The van der Waals surface area contributed by atoms with Crippen molar-refractivity contribution in [2.24, 2.45) is 11.8 Å². The highest BCUT2D eigenvalue weighted by Gasteiger charge is 2.38. The fourth-order valence-electron chi connectivity index (χ4n) is 3.66. The lowest BCUT2D eigenvalue weighted by molar-refractivity contribution is -0.141. The van der Waals surface area contributed by atoms with E-state index in [0.29, 0.717) is 25.8 Å². The molecular weight excluding hydrogens is 256 g/mol. The molecule has 0 aliphatic heterocycles. The number of rotatable bonds is 5. The first-order chi connectivity index (χ1) is 9.44. The molecule has 2 aliphatic rings. The highest BCUT2D eigenvalue weighted by Crippen LogP contribution is 2.34. The van der Waals surface area contributed by atoms with Crippen LogP contribution in [0.5, 0.6) is 0 Å². The molecular formula is C15H26N2O3. The lowest BCUT2D eigenvalue weighted by atomic mass is 9.95. The second kappa shape index (κ2) is 6.12. The average Bonchev–Trinajstić information content (AvgIpc) is 3.06. The molecule has 0 saturated heterocycles. The van der Waals surface area contributed by atoms with Gasteiger partial charge in [0.05, 0.1) is 5.92 Å². The Morgan fingerprint density at radius 2 is 1.80 bits per heavy atom. The van der Waals surface area contributed by atoms with Gasteiger partial charge in [-0.25, -0.2) is 0 Å². The third-order valence-electron chi connectivity index (χ3n) is 5.23. The Balaban J connectivity index is 1.85. The van der Waals surface area contributed by atoms with Gasteiger partial charge in [-0.1, -0.05) is 12.8 Å². The van der Waals surface area contributed by atoms with Crippen LogP contribution in [0.2, 0.25) is 0 Å². The first-order valence-electron chi connectivity index (χ1n) is 7.62. The third kappa shape index (κ3) is 3.14. The van der Waals surface area contributed by atoms with Crippen LogP contribution in [0.25, 0.3) is 0 Å². The molecule has 2 atom stereocenters. The predicted octanol–water partition coefficient (Wildman–Crippen LogP) is 1.48. The molecule has 0 heterocycles. The van der Waals surface area contributed by atoms with Crippen LogP contribution in [0.15, 0.2) is 0 Å². The van der Waals surface area contributed by atoms with Gasteiger partial charge in [0.25, 0.3) is 0 Å². The van der Waals surface area contributed by atoms with Gasteiger partial charge in [0.15, 0.2) is 0 Å². The summed E-state index contributed by atoms with van der Waals surface area (Å²) in [7, 11) is 4.15. The topological polar surface area (TPSA) is 69.6 Å². The maximum absolute atomic E-state index is 12.2. The summed E-state index contributed by atoms with van der Waals surface area (Å²) in [5.74, 6) is -1.17. The molecule has 1 amide bonds. The van der Waals surface area contributed by atoms with E-state index in [1.54, 1.807) is 0 Å². The molecule has 0 aromatic rings. The lowest BCUT2D eigenvalue weighted by Crippen LogP contribution is -2.51. The monoisotopic (exact) mass is 282 g/mol. The lowest BCUT2D eigenvalue weighted by Gasteiger charge is -2.36. The standard InChI is InChI=1S/C15H26N2O3/c1-17(2)15(7-3-4-8-15)10-16-13(18)11-5-6-12(9-11)14(19)20/h11-12H,3-10H2,1-2H3,(H,16,18)(H,19,20). The number of hydrogen-bond acceptors (Lipinski definition) is 3. The highest BCUT2D eigenvalue weighted by atomic mass is 16.4. The van der Waals surface area contributed by atoms with Gasteiger partial charge in [-0.05, 0) is 46.2 Å². The molecule has 5 heteroatoms. The van der Waals surface area contributed by atoms with E-state index in [1.165, 1.54) is 12.8 Å². The van der Waals surface area contributed by atoms with E-state index in [2.05, 4.69) is 24.3 Å². The molecule has 5 nitrogen and oxygen atoms in total. The van der Waals surface area contributed by atoms with Gasteiger partial charge < -0.3 is 15.3 Å². The molecule has 0 aromatic heterocycles. The van der Waals surface area contributed by atoms with Crippen molar-refractivity contribution in [3.63, 3.8) is 0 Å². The molecule has 2 N–H and O–H groups in total. The van der Waals surface area contributed by atoms with Crippen LogP contribution in [-0.4, -0.2) is 48.1 Å². The number of aliphatic carboxylic acids is 1. The summed E-state index contributed by atoms with van der Waals surface area (Å²) in [5.41, 5.74) is 0.0977. The Hall–Kier alpha value is -1.10. The Kier molecular flexibility index (Phi) is 4.68. The molecule has 2 rings (SSSR count). The minimum absolute atomic E-state index is 0.0434. The zero-order chi connectivity index (χ0) is 14.8. The number of likely N-dealkylation sites (N-methyl/N-ethyl adjacent to an activating group) is 1.